The van der Waals surface area contributed by atoms with Crippen LogP contribution in [0.5, 0.6) is 5.75 Å². The molecule has 1 saturated carbocycles. The highest BCUT2D eigenvalue weighted by Gasteiger charge is 2.42. The second-order valence-electron chi connectivity index (χ2n) is 8.14. The zero-order valence-electron chi connectivity index (χ0n) is 16.4. The molecule has 29 heavy (non-hydrogen) atoms. The van der Waals surface area contributed by atoms with Gasteiger partial charge in [0.2, 0.25) is 0 Å². The zero-order valence-corrected chi connectivity index (χ0v) is 16.4. The Labute approximate surface area is 168 Å². The van der Waals surface area contributed by atoms with Crippen LogP contribution in [0.15, 0.2) is 34.3 Å². The molecule has 1 aromatic rings. The van der Waals surface area contributed by atoms with Crippen molar-refractivity contribution in [3.05, 3.63) is 29.8 Å². The Morgan fingerprint density at radius 1 is 1.14 bits per heavy atom. The molecule has 5 nitrogen and oxygen atoms in total. The summed E-state index contributed by atoms with van der Waals surface area (Å²) in [5.74, 6) is 1.74. The average molecular weight is 408 g/mol. The van der Waals surface area contributed by atoms with E-state index >= 15 is 0 Å². The summed E-state index contributed by atoms with van der Waals surface area (Å²) in [7, 11) is 0. The van der Waals surface area contributed by atoms with Gasteiger partial charge in [-0.2, -0.15) is 0 Å². The maximum atomic E-state index is 12.6. The molecule has 1 aliphatic carbocycles. The van der Waals surface area contributed by atoms with Crippen molar-refractivity contribution in [3.8, 4) is 5.75 Å². The number of hydrogen-bond donors (Lipinski definition) is 2. The quantitative estimate of drug-likeness (QED) is 0.791. The van der Waals surface area contributed by atoms with Crippen LogP contribution in [-0.2, 0) is 0 Å². The summed E-state index contributed by atoms with van der Waals surface area (Å²) < 4.78 is 41.8. The van der Waals surface area contributed by atoms with Crippen molar-refractivity contribution >= 4 is 11.7 Å². The monoisotopic (exact) mass is 408 g/mol. The molecule has 2 fully saturated rings. The Kier molecular flexibility index (Phi) is 5.81. The Morgan fingerprint density at radius 2 is 1.90 bits per heavy atom. The van der Waals surface area contributed by atoms with Crippen molar-refractivity contribution in [1.29, 1.82) is 0 Å². The lowest BCUT2D eigenvalue weighted by Crippen LogP contribution is -2.51. The minimum Gasteiger partial charge on any atom is -0.406 e. The summed E-state index contributed by atoms with van der Waals surface area (Å²) in [6.45, 7) is 2.57. The smallest absolute Gasteiger partial charge is 0.406 e. The van der Waals surface area contributed by atoms with E-state index in [0.29, 0.717) is 17.3 Å². The fourth-order valence-corrected chi connectivity index (χ4v) is 4.48. The van der Waals surface area contributed by atoms with Gasteiger partial charge in [0.1, 0.15) is 17.1 Å². The van der Waals surface area contributed by atoms with Crippen molar-refractivity contribution in [2.24, 2.45) is 15.9 Å². The van der Waals surface area contributed by atoms with Crippen LogP contribution in [0.4, 0.5) is 13.2 Å². The molecule has 1 spiro atoms. The van der Waals surface area contributed by atoms with E-state index in [-0.39, 0.29) is 5.75 Å². The van der Waals surface area contributed by atoms with Gasteiger partial charge in [0.25, 0.3) is 0 Å². The van der Waals surface area contributed by atoms with Crippen molar-refractivity contribution in [3.63, 3.8) is 0 Å². The van der Waals surface area contributed by atoms with E-state index in [9.17, 15) is 13.2 Å². The Balaban J connectivity index is 1.55. The number of benzene rings is 1. The van der Waals surface area contributed by atoms with E-state index in [4.69, 9.17) is 9.98 Å². The number of aliphatic imine (C=N–C) groups is 2. The summed E-state index contributed by atoms with van der Waals surface area (Å²) in [5.41, 5.74) is 0.134. The van der Waals surface area contributed by atoms with E-state index in [1.807, 2.05) is 0 Å². The number of alkyl halides is 3. The van der Waals surface area contributed by atoms with Crippen LogP contribution in [-0.4, -0.2) is 43.2 Å². The molecule has 0 radical (unpaired) electrons. The van der Waals surface area contributed by atoms with Gasteiger partial charge in [-0.15, -0.1) is 13.2 Å². The molecular weight excluding hydrogens is 381 g/mol. The SMILES string of the molecule is FC(F)(F)Oc1cccc(C2=NC3(CCNCC3)C(NCC3CCCCC3)=N2)c1. The molecule has 0 atom stereocenters. The van der Waals surface area contributed by atoms with E-state index in [0.717, 1.165) is 38.3 Å². The molecule has 2 aliphatic heterocycles. The van der Waals surface area contributed by atoms with Crippen LogP contribution >= 0.6 is 0 Å². The number of amidine groups is 2. The zero-order chi connectivity index (χ0) is 20.3. The first kappa shape index (κ1) is 20.2. The largest absolute Gasteiger partial charge is 0.573 e. The van der Waals surface area contributed by atoms with Gasteiger partial charge in [0.05, 0.1) is 0 Å². The molecule has 4 rings (SSSR count). The van der Waals surface area contributed by atoms with Gasteiger partial charge in [-0.3, -0.25) is 4.99 Å². The summed E-state index contributed by atoms with van der Waals surface area (Å²) in [6.07, 6.45) is 3.28. The molecule has 158 valence electrons. The number of halogens is 3. The Morgan fingerprint density at radius 3 is 2.62 bits per heavy atom. The lowest BCUT2D eigenvalue weighted by atomic mass is 9.86. The number of hydrogen-bond acceptors (Lipinski definition) is 5. The molecule has 1 saturated heterocycles. The van der Waals surface area contributed by atoms with E-state index in [1.54, 1.807) is 6.07 Å². The Hall–Kier alpha value is -2.09. The third-order valence-electron chi connectivity index (χ3n) is 6.02. The molecule has 0 unspecified atom stereocenters. The predicted molar refractivity (Wildman–Crippen MR) is 107 cm³/mol. The van der Waals surface area contributed by atoms with Crippen LogP contribution in [0, 0.1) is 5.92 Å². The van der Waals surface area contributed by atoms with Crippen LogP contribution < -0.4 is 15.4 Å². The molecule has 0 amide bonds. The molecule has 0 bridgehead atoms. The lowest BCUT2D eigenvalue weighted by molar-refractivity contribution is -0.274. The molecule has 2 N–H and O–H groups in total. The predicted octanol–water partition coefficient (Wildman–Crippen LogP) is 4.04. The van der Waals surface area contributed by atoms with Crippen molar-refractivity contribution < 1.29 is 17.9 Å². The summed E-state index contributed by atoms with van der Waals surface area (Å²) in [5, 5.41) is 6.92. The Bertz CT molecular complexity index is 778. The maximum Gasteiger partial charge on any atom is 0.573 e. The van der Waals surface area contributed by atoms with Gasteiger partial charge in [-0.25, -0.2) is 4.99 Å². The topological polar surface area (TPSA) is 58.0 Å². The number of nitrogens with zero attached hydrogens (tertiary/aromatic N) is 2. The molecular formula is C21H27F3N4O. The molecule has 8 heteroatoms. The van der Waals surface area contributed by atoms with Crippen molar-refractivity contribution in [2.75, 3.05) is 19.6 Å². The second kappa shape index (κ2) is 8.34. The maximum absolute atomic E-state index is 12.6. The standard InChI is InChI=1S/C21H27F3N4O/c22-21(23,24)29-17-8-4-7-16(13-17)18-27-19(20(28-18)9-11-25-12-10-20)26-14-15-5-2-1-3-6-15/h4,7-8,13,15,25H,1-3,5-6,9-12,14H2,(H,26,27,28). The van der Waals surface area contributed by atoms with E-state index < -0.39 is 11.9 Å². The van der Waals surface area contributed by atoms with Crippen LogP contribution in [0.2, 0.25) is 0 Å². The first-order chi connectivity index (χ1) is 13.9. The fraction of sp³-hybridized carbons (Fsp3) is 0.619. The lowest BCUT2D eigenvalue weighted by Gasteiger charge is -2.33. The van der Waals surface area contributed by atoms with Gasteiger partial charge >= 0.3 is 6.36 Å². The van der Waals surface area contributed by atoms with Crippen LogP contribution in [0.1, 0.15) is 50.5 Å². The minimum absolute atomic E-state index is 0.254. The second-order valence-corrected chi connectivity index (χ2v) is 8.14. The summed E-state index contributed by atoms with van der Waals surface area (Å²) >= 11 is 0. The third kappa shape index (κ3) is 4.91. The van der Waals surface area contributed by atoms with Gasteiger partial charge in [0.15, 0.2) is 5.84 Å². The van der Waals surface area contributed by atoms with Crippen LogP contribution in [0.25, 0.3) is 0 Å². The van der Waals surface area contributed by atoms with E-state index in [2.05, 4.69) is 15.4 Å². The molecule has 2 heterocycles. The first-order valence-corrected chi connectivity index (χ1v) is 10.4. The molecule has 1 aromatic carbocycles. The summed E-state index contributed by atoms with van der Waals surface area (Å²) in [4.78, 5) is 9.65. The van der Waals surface area contributed by atoms with Gasteiger partial charge < -0.3 is 15.4 Å². The molecule has 3 aliphatic rings. The number of ether oxygens (including phenoxy) is 1. The van der Waals surface area contributed by atoms with Crippen molar-refractivity contribution in [1.82, 2.24) is 10.6 Å². The van der Waals surface area contributed by atoms with Gasteiger partial charge in [-0.1, -0.05) is 31.4 Å². The van der Waals surface area contributed by atoms with E-state index in [1.165, 1.54) is 50.3 Å². The molecule has 0 aromatic heterocycles. The van der Waals surface area contributed by atoms with Crippen LogP contribution in [0.3, 0.4) is 0 Å². The van der Waals surface area contributed by atoms with Crippen molar-refractivity contribution in [2.45, 2.75) is 56.8 Å². The summed E-state index contributed by atoms with van der Waals surface area (Å²) in [6, 6.07) is 5.91. The van der Waals surface area contributed by atoms with Gasteiger partial charge in [0, 0.05) is 12.1 Å². The first-order valence-electron chi connectivity index (χ1n) is 10.4. The number of piperidine rings is 1. The highest BCUT2D eigenvalue weighted by atomic mass is 19.4. The third-order valence-corrected chi connectivity index (χ3v) is 6.02. The van der Waals surface area contributed by atoms with Gasteiger partial charge in [-0.05, 0) is 56.8 Å². The minimum atomic E-state index is -4.72. The fourth-order valence-electron chi connectivity index (χ4n) is 4.48. The number of nitrogens with one attached hydrogen (secondary N) is 2. The number of rotatable bonds is 4. The highest BCUT2D eigenvalue weighted by molar-refractivity contribution is 6.14. The highest BCUT2D eigenvalue weighted by Crippen LogP contribution is 2.32. The normalized spacial score (nSPS) is 22.3. The average Bonchev–Trinajstić information content (AvgIpc) is 3.04.